The number of Topliss-reactive ketones (excluding diaryl/α,β-unsaturated/α-hetero) is 1. The van der Waals surface area contributed by atoms with Crippen molar-refractivity contribution in [1.82, 2.24) is 14.8 Å². The highest BCUT2D eigenvalue weighted by molar-refractivity contribution is 6.07. The number of rotatable bonds is 7. The third kappa shape index (κ3) is 3.55. The second-order valence-corrected chi connectivity index (χ2v) is 7.54. The average Bonchev–Trinajstić information content (AvgIpc) is 3.30. The Kier molecular flexibility index (Phi) is 5.58. The van der Waals surface area contributed by atoms with Crippen molar-refractivity contribution in [3.05, 3.63) is 23.0 Å². The van der Waals surface area contributed by atoms with E-state index in [-0.39, 0.29) is 31.3 Å². The molecule has 8 nitrogen and oxygen atoms in total. The van der Waals surface area contributed by atoms with Crippen LogP contribution in [0.5, 0.6) is 0 Å². The third-order valence-corrected chi connectivity index (χ3v) is 5.80. The topological polar surface area (TPSA) is 97.7 Å². The fourth-order valence-corrected chi connectivity index (χ4v) is 4.27. The molecule has 3 amide bonds. The van der Waals surface area contributed by atoms with Crippen LogP contribution in [0.25, 0.3) is 0 Å². The van der Waals surface area contributed by atoms with Gasteiger partial charge in [0.25, 0.3) is 5.91 Å². The molecule has 1 aliphatic heterocycles. The van der Waals surface area contributed by atoms with Gasteiger partial charge in [0, 0.05) is 30.0 Å². The Morgan fingerprint density at radius 2 is 1.89 bits per heavy atom. The van der Waals surface area contributed by atoms with Crippen LogP contribution in [0.2, 0.25) is 0 Å². The summed E-state index contributed by atoms with van der Waals surface area (Å²) in [5.74, 6) is -1.13. The van der Waals surface area contributed by atoms with Crippen LogP contribution in [0, 0.1) is 13.8 Å². The molecule has 0 radical (unpaired) electrons. The molecule has 1 aromatic heterocycles. The lowest BCUT2D eigenvalue weighted by atomic mass is 9.98. The van der Waals surface area contributed by atoms with Crippen molar-refractivity contribution in [3.8, 4) is 0 Å². The minimum atomic E-state index is -0.779. The van der Waals surface area contributed by atoms with Gasteiger partial charge in [0.2, 0.25) is 5.78 Å². The number of amides is 3. The van der Waals surface area contributed by atoms with E-state index in [9.17, 15) is 19.2 Å². The molecule has 1 saturated heterocycles. The van der Waals surface area contributed by atoms with E-state index in [4.69, 9.17) is 4.74 Å². The maximum Gasteiger partial charge on any atom is 0.325 e. The van der Waals surface area contributed by atoms with Crippen LogP contribution < -0.4 is 5.32 Å². The molecule has 2 fully saturated rings. The Morgan fingerprint density at radius 3 is 2.50 bits per heavy atom. The Morgan fingerprint density at radius 1 is 1.21 bits per heavy atom. The second-order valence-electron chi connectivity index (χ2n) is 7.54. The van der Waals surface area contributed by atoms with Gasteiger partial charge in [-0.2, -0.15) is 0 Å². The number of nitrogens with one attached hydrogen (secondary N) is 1. The molecule has 28 heavy (non-hydrogen) atoms. The normalized spacial score (nSPS) is 18.0. The molecular formula is C20H27N3O5. The maximum atomic E-state index is 12.5. The standard InChI is InChI=1S/C20H27N3O5/c1-4-22-13(2)11-15(14(22)3)16(24)12-28-17(25)7-10-23-18(26)20(21-19(23)27)8-5-6-9-20/h11H,4-10,12H2,1-3H3,(H,21,27). The lowest BCUT2D eigenvalue weighted by Gasteiger charge is -2.19. The zero-order valence-electron chi connectivity index (χ0n) is 16.7. The van der Waals surface area contributed by atoms with Gasteiger partial charge in [0.05, 0.1) is 6.42 Å². The average molecular weight is 389 g/mol. The van der Waals surface area contributed by atoms with E-state index in [0.717, 1.165) is 35.7 Å². The molecule has 2 heterocycles. The van der Waals surface area contributed by atoms with E-state index < -0.39 is 17.5 Å². The van der Waals surface area contributed by atoms with Gasteiger partial charge in [-0.25, -0.2) is 4.79 Å². The van der Waals surface area contributed by atoms with Gasteiger partial charge in [-0.05, 0) is 39.7 Å². The number of ether oxygens (including phenoxy) is 1. The highest BCUT2D eigenvalue weighted by Gasteiger charge is 2.52. The van der Waals surface area contributed by atoms with Gasteiger partial charge in [-0.1, -0.05) is 12.8 Å². The molecule has 152 valence electrons. The van der Waals surface area contributed by atoms with Crippen molar-refractivity contribution in [1.29, 1.82) is 0 Å². The van der Waals surface area contributed by atoms with Crippen LogP contribution in [0.15, 0.2) is 6.07 Å². The second kappa shape index (κ2) is 7.77. The van der Waals surface area contributed by atoms with E-state index in [1.165, 1.54) is 0 Å². The van der Waals surface area contributed by atoms with Gasteiger partial charge in [0.15, 0.2) is 6.61 Å². The predicted octanol–water partition coefficient (Wildman–Crippen LogP) is 2.11. The largest absolute Gasteiger partial charge is 0.457 e. The molecule has 3 rings (SSSR count). The van der Waals surface area contributed by atoms with Crippen LogP contribution in [0.1, 0.15) is 60.8 Å². The summed E-state index contributed by atoms with van der Waals surface area (Å²) in [7, 11) is 0. The lowest BCUT2D eigenvalue weighted by molar-refractivity contribution is -0.143. The first-order valence-electron chi connectivity index (χ1n) is 9.78. The van der Waals surface area contributed by atoms with E-state index in [1.54, 1.807) is 6.07 Å². The Hall–Kier alpha value is -2.64. The fourth-order valence-electron chi connectivity index (χ4n) is 4.27. The smallest absolute Gasteiger partial charge is 0.325 e. The first kappa shape index (κ1) is 20.1. The number of esters is 1. The molecule has 2 aliphatic rings. The van der Waals surface area contributed by atoms with Crippen molar-refractivity contribution in [2.45, 2.75) is 65.0 Å². The summed E-state index contributed by atoms with van der Waals surface area (Å²) >= 11 is 0. The van der Waals surface area contributed by atoms with E-state index in [1.807, 2.05) is 25.3 Å². The molecule has 0 atom stereocenters. The highest BCUT2D eigenvalue weighted by Crippen LogP contribution is 2.35. The van der Waals surface area contributed by atoms with E-state index in [0.29, 0.717) is 18.4 Å². The number of imide groups is 1. The van der Waals surface area contributed by atoms with Crippen LogP contribution in [-0.2, 0) is 20.9 Å². The molecule has 1 N–H and O–H groups in total. The SMILES string of the molecule is CCn1c(C)cc(C(=O)COC(=O)CCN2C(=O)NC3(CCCC3)C2=O)c1C. The summed E-state index contributed by atoms with van der Waals surface area (Å²) in [6.45, 7) is 6.16. The fraction of sp³-hybridized carbons (Fsp3) is 0.600. The van der Waals surface area contributed by atoms with Crippen molar-refractivity contribution in [2.75, 3.05) is 13.2 Å². The number of urea groups is 1. The van der Waals surface area contributed by atoms with Crippen LogP contribution in [0.4, 0.5) is 4.79 Å². The predicted molar refractivity (Wildman–Crippen MR) is 101 cm³/mol. The zero-order chi connectivity index (χ0) is 20.5. The summed E-state index contributed by atoms with van der Waals surface area (Å²) in [6.07, 6.45) is 2.97. The van der Waals surface area contributed by atoms with Crippen molar-refractivity contribution >= 4 is 23.7 Å². The Labute approximate surface area is 164 Å². The number of carbonyl (C=O) groups is 4. The van der Waals surface area contributed by atoms with Gasteiger partial charge in [-0.15, -0.1) is 0 Å². The molecular weight excluding hydrogens is 362 g/mol. The summed E-state index contributed by atoms with van der Waals surface area (Å²) in [4.78, 5) is 50.1. The van der Waals surface area contributed by atoms with Crippen LogP contribution in [0.3, 0.4) is 0 Å². The molecule has 1 spiro atoms. The van der Waals surface area contributed by atoms with Crippen LogP contribution in [-0.4, -0.2) is 51.8 Å². The Balaban J connectivity index is 1.50. The zero-order valence-corrected chi connectivity index (χ0v) is 16.7. The number of hydrogen-bond acceptors (Lipinski definition) is 5. The monoisotopic (exact) mass is 389 g/mol. The number of nitrogens with zero attached hydrogens (tertiary/aromatic N) is 2. The first-order valence-corrected chi connectivity index (χ1v) is 9.78. The molecule has 0 aromatic carbocycles. The van der Waals surface area contributed by atoms with Gasteiger partial charge < -0.3 is 14.6 Å². The molecule has 1 aliphatic carbocycles. The summed E-state index contributed by atoms with van der Waals surface area (Å²) in [5.41, 5.74) is 1.60. The molecule has 1 saturated carbocycles. The van der Waals surface area contributed by atoms with Crippen molar-refractivity contribution in [3.63, 3.8) is 0 Å². The number of ketones is 1. The number of hydrogen-bond donors (Lipinski definition) is 1. The minimum Gasteiger partial charge on any atom is -0.457 e. The number of aromatic nitrogens is 1. The van der Waals surface area contributed by atoms with Crippen LogP contribution >= 0.6 is 0 Å². The summed E-state index contributed by atoms with van der Waals surface area (Å²) in [6, 6.07) is 1.34. The summed E-state index contributed by atoms with van der Waals surface area (Å²) < 4.78 is 7.10. The molecule has 0 bridgehead atoms. The minimum absolute atomic E-state index is 0.0379. The highest BCUT2D eigenvalue weighted by atomic mass is 16.5. The number of carbonyl (C=O) groups excluding carboxylic acids is 4. The van der Waals surface area contributed by atoms with E-state index >= 15 is 0 Å². The molecule has 1 aromatic rings. The number of aryl methyl sites for hydroxylation is 1. The van der Waals surface area contributed by atoms with E-state index in [2.05, 4.69) is 5.32 Å². The van der Waals surface area contributed by atoms with Crippen molar-refractivity contribution < 1.29 is 23.9 Å². The lowest BCUT2D eigenvalue weighted by Crippen LogP contribution is -2.44. The third-order valence-electron chi connectivity index (χ3n) is 5.80. The summed E-state index contributed by atoms with van der Waals surface area (Å²) in [5, 5.41) is 2.77. The van der Waals surface area contributed by atoms with Gasteiger partial charge >= 0.3 is 12.0 Å². The molecule has 0 unspecified atom stereocenters. The van der Waals surface area contributed by atoms with Gasteiger partial charge in [0.1, 0.15) is 5.54 Å². The van der Waals surface area contributed by atoms with Gasteiger partial charge in [-0.3, -0.25) is 19.3 Å². The Bertz CT molecular complexity index is 820. The van der Waals surface area contributed by atoms with Crippen molar-refractivity contribution in [2.24, 2.45) is 0 Å². The quantitative estimate of drug-likeness (QED) is 0.438. The molecule has 8 heteroatoms. The maximum absolute atomic E-state index is 12.5. The first-order chi connectivity index (χ1) is 13.3.